The van der Waals surface area contributed by atoms with Gasteiger partial charge in [0.2, 0.25) is 11.8 Å². The van der Waals surface area contributed by atoms with Crippen LogP contribution in [0.25, 0.3) is 22.0 Å². The second-order valence-corrected chi connectivity index (χ2v) is 21.7. The van der Waals surface area contributed by atoms with E-state index in [4.69, 9.17) is 42.6 Å². The van der Waals surface area contributed by atoms with Gasteiger partial charge in [-0.25, -0.2) is 14.8 Å². The fourth-order valence-corrected chi connectivity index (χ4v) is 12.5. The zero-order valence-electron chi connectivity index (χ0n) is 41.7. The predicted octanol–water partition coefficient (Wildman–Crippen LogP) is 10.8. The van der Waals surface area contributed by atoms with Gasteiger partial charge in [-0.15, -0.1) is 11.3 Å². The quantitative estimate of drug-likeness (QED) is 0.0813. The summed E-state index contributed by atoms with van der Waals surface area (Å²) in [6.07, 6.45) is 8.39. The van der Waals surface area contributed by atoms with Crippen molar-refractivity contribution in [1.82, 2.24) is 30.4 Å². The second-order valence-electron chi connectivity index (χ2n) is 20.0. The molecule has 1 atom stereocenters. The number of hydrogen-bond donors (Lipinski definition) is 3. The summed E-state index contributed by atoms with van der Waals surface area (Å²) in [5, 5.41) is 13.5. The number of aryl methyl sites for hydroxylation is 1. The number of carbonyl (C=O) groups is 4. The first kappa shape index (κ1) is 51.6. The third-order valence-electron chi connectivity index (χ3n) is 15.2. The molecule has 17 heteroatoms. The van der Waals surface area contributed by atoms with Crippen LogP contribution in [-0.4, -0.2) is 104 Å². The number of nitrogens with one attached hydrogen (secondary N) is 3. The van der Waals surface area contributed by atoms with Gasteiger partial charge >= 0.3 is 6.03 Å². The summed E-state index contributed by atoms with van der Waals surface area (Å²) in [7, 11) is 3.67. The van der Waals surface area contributed by atoms with E-state index in [1.807, 2.05) is 37.1 Å². The maximum Gasteiger partial charge on any atom is 0.328 e. The number of aromatic nitrogens is 2. The molecule has 0 bridgehead atoms. The normalized spacial score (nSPS) is 19.7. The van der Waals surface area contributed by atoms with Crippen LogP contribution in [0, 0.1) is 24.7 Å². The maximum absolute atomic E-state index is 13.9. The number of amides is 5. The van der Waals surface area contributed by atoms with Crippen LogP contribution in [0.5, 0.6) is 5.75 Å². The first-order valence-electron chi connectivity index (χ1n) is 25.6. The summed E-state index contributed by atoms with van der Waals surface area (Å²) in [5.41, 5.74) is 6.20. The highest BCUT2D eigenvalue weighted by Gasteiger charge is 2.34. The second kappa shape index (κ2) is 23.3. The van der Waals surface area contributed by atoms with Gasteiger partial charge in [-0.2, -0.15) is 0 Å². The molecule has 3 saturated heterocycles. The zero-order valence-corrected chi connectivity index (χ0v) is 44.1. The fraction of sp³-hybridized carbons (Fsp3) is 0.491. The fourth-order valence-electron chi connectivity index (χ4n) is 11.1. The van der Waals surface area contributed by atoms with Crippen LogP contribution in [-0.2, 0) is 20.9 Å². The van der Waals surface area contributed by atoms with Crippen LogP contribution >= 0.6 is 34.5 Å². The monoisotopic (exact) mass is 1040 g/mol. The van der Waals surface area contributed by atoms with E-state index in [1.165, 1.54) is 9.78 Å². The summed E-state index contributed by atoms with van der Waals surface area (Å²) in [5.74, 6) is 3.40. The van der Waals surface area contributed by atoms with Crippen molar-refractivity contribution in [1.29, 1.82) is 0 Å². The van der Waals surface area contributed by atoms with Crippen molar-refractivity contribution in [3.8, 4) is 16.9 Å². The topological polar surface area (TPSA) is 158 Å². The Kier molecular flexibility index (Phi) is 16.7. The van der Waals surface area contributed by atoms with Crippen LogP contribution in [0.1, 0.15) is 115 Å². The van der Waals surface area contributed by atoms with E-state index in [1.54, 1.807) is 36.6 Å². The summed E-state index contributed by atoms with van der Waals surface area (Å²) >= 11 is 14.9. The van der Waals surface area contributed by atoms with Gasteiger partial charge in [0.15, 0.2) is 0 Å². The maximum atomic E-state index is 13.9. The summed E-state index contributed by atoms with van der Waals surface area (Å²) in [6.45, 7) is 9.25. The molecule has 0 unspecified atom stereocenters. The Hall–Kier alpha value is -5.32. The molecule has 14 nitrogen and oxygen atoms in total. The predicted molar refractivity (Wildman–Crippen MR) is 285 cm³/mol. The number of fused-ring (bicyclic) bond motifs is 1. The minimum Gasteiger partial charge on any atom is -0.496 e. The Labute approximate surface area is 436 Å². The molecule has 0 spiro atoms. The van der Waals surface area contributed by atoms with Crippen LogP contribution in [0.15, 0.2) is 60.0 Å². The van der Waals surface area contributed by atoms with Gasteiger partial charge in [-0.05, 0) is 155 Å². The van der Waals surface area contributed by atoms with E-state index in [9.17, 15) is 19.2 Å². The number of nitrogens with zero attached hydrogens (tertiary/aromatic N) is 5. The third kappa shape index (κ3) is 11.7. The van der Waals surface area contributed by atoms with Crippen molar-refractivity contribution in [2.45, 2.75) is 96.6 Å². The number of thiophene rings is 1. The van der Waals surface area contributed by atoms with Crippen molar-refractivity contribution in [3.05, 3.63) is 97.4 Å². The molecule has 3 aromatic carbocycles. The van der Waals surface area contributed by atoms with Crippen LogP contribution in [0.2, 0.25) is 10.0 Å². The lowest BCUT2D eigenvalue weighted by atomic mass is 9.77. The first-order valence-corrected chi connectivity index (χ1v) is 27.2. The number of carbonyl (C=O) groups excluding carboxylic acids is 4. The highest BCUT2D eigenvalue weighted by molar-refractivity contribution is 7.10. The van der Waals surface area contributed by atoms with E-state index < -0.39 is 6.03 Å². The number of anilines is 2. The van der Waals surface area contributed by atoms with Gasteiger partial charge in [-0.3, -0.25) is 24.6 Å². The molecule has 1 aliphatic carbocycles. The molecule has 4 fully saturated rings. The average Bonchev–Trinajstić information content (AvgIpc) is 3.88. The Bertz CT molecular complexity index is 2780. The van der Waals surface area contributed by atoms with Crippen molar-refractivity contribution in [3.63, 3.8) is 0 Å². The molecule has 5 amide bonds. The molecule has 2 aromatic heterocycles. The summed E-state index contributed by atoms with van der Waals surface area (Å²) in [6, 6.07) is 16.9. The molecular weight excluding hydrogens is 972 g/mol. The van der Waals surface area contributed by atoms with Crippen molar-refractivity contribution < 1.29 is 28.7 Å². The van der Waals surface area contributed by atoms with Crippen LogP contribution in [0.3, 0.4) is 0 Å². The number of hydrogen-bond acceptors (Lipinski definition) is 11. The minimum atomic E-state index is -0.537. The smallest absolute Gasteiger partial charge is 0.328 e. The molecule has 9 rings (SSSR count). The SMILES string of the molecule is CNCc1cccc(Cl)c1-c1csc([C@@H](C)Nc2nc(C)nc3cc(OC)c(C4CCC(C(=O)N5CCC(CCOCC6CCN(C(=O)c7ccc(Cl)c(N8CCC(=O)NC8=O)c7)CC6)CC5)CC4)cc23)c1. The first-order chi connectivity index (χ1) is 34.9. The molecule has 1 saturated carbocycles. The number of ether oxygens (including phenoxy) is 2. The lowest BCUT2D eigenvalue weighted by Gasteiger charge is -2.36. The number of piperidine rings is 2. The van der Waals surface area contributed by atoms with Crippen LogP contribution in [0.4, 0.5) is 16.3 Å². The van der Waals surface area contributed by atoms with Gasteiger partial charge in [0, 0.05) is 97.3 Å². The molecule has 5 heterocycles. The van der Waals surface area contributed by atoms with E-state index >= 15 is 0 Å². The van der Waals surface area contributed by atoms with Gasteiger partial charge in [0.05, 0.1) is 29.4 Å². The number of methoxy groups -OCH3 is 1. The standard InChI is InChI=1S/C55H66Cl2N8O6S/c1-33(49-27-41(32-72-49)51-40(30-58-3)6-5-7-45(51)57)59-52-43-28-42(48(70-4)29-46(43)60-34(2)61-52)37-8-10-38(11-9-37)53(67)63-20-14-35(15-21-63)19-25-71-31-36-16-22-64(23-17-36)54(68)39-12-13-44(56)47(26-39)65-24-18-50(66)62-55(65)69/h5-7,12-13,26-29,32-33,35-38,58H,8-11,14-25,30-31H2,1-4H3,(H,59,60,61)(H,62,66,69)/t33-,37?,38?/m1/s1. The molecule has 382 valence electrons. The highest BCUT2D eigenvalue weighted by Crippen LogP contribution is 2.44. The van der Waals surface area contributed by atoms with Gasteiger partial charge in [0.25, 0.3) is 5.91 Å². The Morgan fingerprint density at radius 2 is 1.64 bits per heavy atom. The van der Waals surface area contributed by atoms with Crippen LogP contribution < -0.4 is 25.6 Å². The van der Waals surface area contributed by atoms with Gasteiger partial charge in [0.1, 0.15) is 17.4 Å². The molecule has 72 heavy (non-hydrogen) atoms. The Morgan fingerprint density at radius 3 is 2.38 bits per heavy atom. The molecule has 3 N–H and O–H groups in total. The van der Waals surface area contributed by atoms with Crippen molar-refractivity contribution in [2.75, 3.05) is 70.3 Å². The summed E-state index contributed by atoms with van der Waals surface area (Å²) < 4.78 is 12.2. The zero-order chi connectivity index (χ0) is 50.5. The summed E-state index contributed by atoms with van der Waals surface area (Å²) in [4.78, 5) is 67.8. The lowest BCUT2D eigenvalue weighted by molar-refractivity contribution is -0.138. The number of halogens is 2. The third-order valence-corrected chi connectivity index (χ3v) is 17.0. The van der Waals surface area contributed by atoms with E-state index in [0.29, 0.717) is 66.1 Å². The molecule has 5 aromatic rings. The van der Waals surface area contributed by atoms with E-state index in [0.717, 1.165) is 127 Å². The number of imide groups is 1. The highest BCUT2D eigenvalue weighted by atomic mass is 35.5. The molecular formula is C55H66Cl2N8O6S. The number of likely N-dealkylation sites (tertiary alicyclic amines) is 2. The molecule has 4 aliphatic rings. The Morgan fingerprint density at radius 1 is 0.889 bits per heavy atom. The minimum absolute atomic E-state index is 0.0165. The van der Waals surface area contributed by atoms with E-state index in [-0.39, 0.29) is 42.7 Å². The molecule has 0 radical (unpaired) electrons. The van der Waals surface area contributed by atoms with Crippen molar-refractivity contribution >= 4 is 80.7 Å². The van der Waals surface area contributed by atoms with Crippen molar-refractivity contribution in [2.24, 2.45) is 17.8 Å². The molecule has 3 aliphatic heterocycles. The number of benzene rings is 3. The average molecular weight is 1040 g/mol. The number of rotatable bonds is 16. The largest absolute Gasteiger partial charge is 0.496 e. The van der Waals surface area contributed by atoms with Gasteiger partial charge < -0.3 is 29.9 Å². The van der Waals surface area contributed by atoms with Gasteiger partial charge in [-0.1, -0.05) is 35.3 Å². The number of urea groups is 1. The Balaban J connectivity index is 0.717. The van der Waals surface area contributed by atoms with E-state index in [2.05, 4.69) is 51.4 Å². The lowest BCUT2D eigenvalue weighted by Crippen LogP contribution is -2.49.